The van der Waals surface area contributed by atoms with Gasteiger partial charge in [-0.1, -0.05) is 19.1 Å². The highest BCUT2D eigenvalue weighted by Gasteiger charge is 2.30. The van der Waals surface area contributed by atoms with Gasteiger partial charge in [-0.05, 0) is 51.0 Å². The molecule has 0 radical (unpaired) electrons. The fraction of sp³-hybridized carbons (Fsp3) is 0.400. The van der Waals surface area contributed by atoms with E-state index in [-0.39, 0.29) is 16.3 Å². The van der Waals surface area contributed by atoms with Crippen molar-refractivity contribution >= 4 is 26.4 Å². The first-order valence-electron chi connectivity index (χ1n) is 8.73. The molecule has 0 atom stereocenters. The fourth-order valence-corrected chi connectivity index (χ4v) is 4.53. The van der Waals surface area contributed by atoms with Crippen molar-refractivity contribution in [1.82, 2.24) is 9.88 Å². The lowest BCUT2D eigenvalue weighted by Gasteiger charge is -2.39. The average Bonchev–Trinajstić information content (AvgIpc) is 2.91. The summed E-state index contributed by atoms with van der Waals surface area (Å²) in [5.41, 5.74) is 2.34. The van der Waals surface area contributed by atoms with Gasteiger partial charge in [-0.3, -0.25) is 0 Å². The van der Waals surface area contributed by atoms with Crippen LogP contribution in [-0.2, 0) is 16.3 Å². The largest absolute Gasteiger partial charge is 0.361 e. The highest BCUT2D eigenvalue weighted by molar-refractivity contribution is 7.91. The van der Waals surface area contributed by atoms with E-state index in [4.69, 9.17) is 0 Å². The van der Waals surface area contributed by atoms with Crippen LogP contribution < -0.4 is 0 Å². The summed E-state index contributed by atoms with van der Waals surface area (Å²) in [5, 5.41) is 0.404. The number of aromatic nitrogens is 1. The quantitative estimate of drug-likeness (QED) is 0.870. The van der Waals surface area contributed by atoms with Gasteiger partial charge in [0.25, 0.3) is 0 Å². The lowest BCUT2D eigenvalue weighted by atomic mass is 10.0. The molecule has 1 N–H and O–H groups in total. The second kappa shape index (κ2) is 6.27. The summed E-state index contributed by atoms with van der Waals surface area (Å²) < 4.78 is 39.5. The maximum absolute atomic E-state index is 14.4. The Hall–Kier alpha value is -2.08. The first kappa shape index (κ1) is 18.7. The number of nitrogens with one attached hydrogen (secondary N) is 1. The highest BCUT2D eigenvalue weighted by Crippen LogP contribution is 2.37. The fourth-order valence-electron chi connectivity index (χ4n) is 3.44. The van der Waals surface area contributed by atoms with Crippen molar-refractivity contribution in [2.75, 3.05) is 12.8 Å². The van der Waals surface area contributed by atoms with Gasteiger partial charge in [0, 0.05) is 29.2 Å². The molecule has 0 bridgehead atoms. The molecule has 0 aliphatic carbocycles. The molecule has 1 aliphatic rings. The van der Waals surface area contributed by atoms with Gasteiger partial charge in [0.1, 0.15) is 10.7 Å². The standard InChI is InChI=1S/C20H25FN2O2S/c1-6-13-11-16-14(12-15(13)21)19(26(5,24)25)18(22-16)17-9-7-8-10-23(17)20(2,3)4/h7-9,11-12,22H,6,10H2,1-5H3. The number of nitrogens with zero attached hydrogens (tertiary/aromatic N) is 1. The zero-order valence-electron chi connectivity index (χ0n) is 15.9. The van der Waals surface area contributed by atoms with Gasteiger partial charge < -0.3 is 9.88 Å². The number of sulfone groups is 1. The second-order valence-corrected chi connectivity index (χ2v) is 9.66. The smallest absolute Gasteiger partial charge is 0.178 e. The van der Waals surface area contributed by atoms with Crippen LogP contribution in [0.2, 0.25) is 0 Å². The van der Waals surface area contributed by atoms with E-state index >= 15 is 0 Å². The number of allylic oxidation sites excluding steroid dienone is 2. The van der Waals surface area contributed by atoms with Crippen molar-refractivity contribution in [3.63, 3.8) is 0 Å². The summed E-state index contributed by atoms with van der Waals surface area (Å²) >= 11 is 0. The zero-order valence-corrected chi connectivity index (χ0v) is 16.7. The van der Waals surface area contributed by atoms with Gasteiger partial charge in [-0.25, -0.2) is 12.8 Å². The molecule has 140 valence electrons. The van der Waals surface area contributed by atoms with Gasteiger partial charge in [0.05, 0.1) is 11.4 Å². The summed E-state index contributed by atoms with van der Waals surface area (Å²) in [5.74, 6) is -0.374. The molecule has 0 saturated carbocycles. The molecule has 0 spiro atoms. The number of fused-ring (bicyclic) bond motifs is 1. The molecule has 1 aliphatic heterocycles. The molecule has 0 unspecified atom stereocenters. The molecule has 1 aromatic heterocycles. The molecule has 0 saturated heterocycles. The van der Waals surface area contributed by atoms with Gasteiger partial charge in [-0.15, -0.1) is 0 Å². The lowest BCUT2D eigenvalue weighted by Crippen LogP contribution is -2.41. The Balaban J connectivity index is 2.35. The van der Waals surface area contributed by atoms with Crippen LogP contribution in [0, 0.1) is 5.82 Å². The van der Waals surface area contributed by atoms with Crippen molar-refractivity contribution in [3.05, 3.63) is 47.4 Å². The molecule has 6 heteroatoms. The third-order valence-electron chi connectivity index (χ3n) is 4.70. The van der Waals surface area contributed by atoms with Crippen molar-refractivity contribution in [2.24, 2.45) is 0 Å². The number of hydrogen-bond donors (Lipinski definition) is 1. The zero-order chi connectivity index (χ0) is 19.3. The van der Waals surface area contributed by atoms with Crippen molar-refractivity contribution < 1.29 is 12.8 Å². The van der Waals surface area contributed by atoms with Crippen LogP contribution in [-0.4, -0.2) is 36.6 Å². The summed E-state index contributed by atoms with van der Waals surface area (Å²) in [6, 6.07) is 3.05. The second-order valence-electron chi connectivity index (χ2n) is 7.71. The van der Waals surface area contributed by atoms with E-state index in [1.807, 2.05) is 25.2 Å². The SMILES string of the molecule is CCc1cc2[nH]c(C3=CC=CCN3C(C)(C)C)c(S(C)(=O)=O)c2cc1F. The van der Waals surface area contributed by atoms with E-state index in [1.54, 1.807) is 6.07 Å². The topological polar surface area (TPSA) is 53.2 Å². The number of H-pyrrole nitrogens is 1. The molecule has 2 heterocycles. The van der Waals surface area contributed by atoms with E-state index in [9.17, 15) is 12.8 Å². The molecule has 0 amide bonds. The molecule has 2 aromatic rings. The predicted molar refractivity (Wildman–Crippen MR) is 104 cm³/mol. The van der Waals surface area contributed by atoms with Crippen molar-refractivity contribution in [1.29, 1.82) is 0 Å². The lowest BCUT2D eigenvalue weighted by molar-refractivity contribution is 0.239. The van der Waals surface area contributed by atoms with Crippen LogP contribution in [0.3, 0.4) is 0 Å². The van der Waals surface area contributed by atoms with Gasteiger partial charge >= 0.3 is 0 Å². The minimum Gasteiger partial charge on any atom is -0.361 e. The van der Waals surface area contributed by atoms with Gasteiger partial charge in [0.15, 0.2) is 9.84 Å². The Labute approximate surface area is 154 Å². The first-order chi connectivity index (χ1) is 12.0. The van der Waals surface area contributed by atoms with Crippen molar-refractivity contribution in [2.45, 2.75) is 44.6 Å². The van der Waals surface area contributed by atoms with Gasteiger partial charge in [0.2, 0.25) is 0 Å². The van der Waals surface area contributed by atoms with E-state index in [0.29, 0.717) is 35.1 Å². The van der Waals surface area contributed by atoms with Crippen LogP contribution in [0.1, 0.15) is 39.0 Å². The predicted octanol–water partition coefficient (Wildman–Crippen LogP) is 4.28. The number of rotatable bonds is 3. The Bertz CT molecular complexity index is 1020. The van der Waals surface area contributed by atoms with Crippen LogP contribution in [0.4, 0.5) is 4.39 Å². The number of halogens is 1. The molecular weight excluding hydrogens is 351 g/mol. The summed E-state index contributed by atoms with van der Waals surface area (Å²) in [7, 11) is -3.56. The maximum Gasteiger partial charge on any atom is 0.178 e. The molecule has 26 heavy (non-hydrogen) atoms. The number of benzene rings is 1. The van der Waals surface area contributed by atoms with Crippen LogP contribution in [0.25, 0.3) is 16.6 Å². The first-order valence-corrected chi connectivity index (χ1v) is 10.6. The summed E-state index contributed by atoms with van der Waals surface area (Å²) in [6.07, 6.45) is 7.58. The Morgan fingerprint density at radius 1 is 1.27 bits per heavy atom. The highest BCUT2D eigenvalue weighted by atomic mass is 32.2. The third kappa shape index (κ3) is 3.18. The summed E-state index contributed by atoms with van der Waals surface area (Å²) in [4.78, 5) is 5.55. The summed E-state index contributed by atoms with van der Waals surface area (Å²) in [6.45, 7) is 8.80. The third-order valence-corrected chi connectivity index (χ3v) is 5.87. The van der Waals surface area contributed by atoms with Gasteiger partial charge in [-0.2, -0.15) is 0 Å². The number of aromatic amines is 1. The van der Waals surface area contributed by atoms with Crippen LogP contribution >= 0.6 is 0 Å². The molecule has 1 aromatic carbocycles. The molecule has 3 rings (SSSR count). The van der Waals surface area contributed by atoms with E-state index in [2.05, 4.69) is 30.7 Å². The normalized spacial score (nSPS) is 15.6. The van der Waals surface area contributed by atoms with E-state index in [1.165, 1.54) is 12.3 Å². The Kier molecular flexibility index (Phi) is 4.51. The molecule has 0 fully saturated rings. The monoisotopic (exact) mass is 376 g/mol. The minimum absolute atomic E-state index is 0.157. The van der Waals surface area contributed by atoms with E-state index in [0.717, 1.165) is 5.70 Å². The Morgan fingerprint density at radius 3 is 2.54 bits per heavy atom. The molecular formula is C20H25FN2O2S. The maximum atomic E-state index is 14.4. The Morgan fingerprint density at radius 2 is 1.96 bits per heavy atom. The minimum atomic E-state index is -3.56. The van der Waals surface area contributed by atoms with E-state index < -0.39 is 9.84 Å². The van der Waals surface area contributed by atoms with Crippen LogP contribution in [0.5, 0.6) is 0 Å². The van der Waals surface area contributed by atoms with Crippen molar-refractivity contribution in [3.8, 4) is 0 Å². The number of aryl methyl sites for hydroxylation is 1. The number of hydrogen-bond acceptors (Lipinski definition) is 3. The van der Waals surface area contributed by atoms with Crippen LogP contribution in [0.15, 0.2) is 35.3 Å². The molecule has 4 nitrogen and oxygen atoms in total. The average molecular weight is 376 g/mol.